The summed E-state index contributed by atoms with van der Waals surface area (Å²) in [5.74, 6) is 1.70. The van der Waals surface area contributed by atoms with Crippen LogP contribution in [0, 0.1) is 6.92 Å². The van der Waals surface area contributed by atoms with Crippen LogP contribution in [0.1, 0.15) is 67.5 Å². The molecule has 0 saturated heterocycles. The van der Waals surface area contributed by atoms with Crippen molar-refractivity contribution in [1.82, 2.24) is 0 Å². The van der Waals surface area contributed by atoms with Gasteiger partial charge in [-0.05, 0) is 66.1 Å². The zero-order valence-corrected chi connectivity index (χ0v) is 23.3. The maximum Gasteiger partial charge on any atom is 0.178 e. The molecule has 0 N–H and O–H groups in total. The van der Waals surface area contributed by atoms with E-state index in [9.17, 15) is 9.59 Å². The molecule has 4 aromatic rings. The van der Waals surface area contributed by atoms with Crippen LogP contribution in [0.4, 0.5) is 0 Å². The number of methoxy groups -OCH3 is 3. The molecule has 0 fully saturated rings. The number of Topliss-reactive ketones (excluding diaryl/α,β-unsaturated/α-hetero) is 2. The minimum absolute atomic E-state index is 0.106. The number of hydrogen-bond donors (Lipinski definition) is 0. The molecule has 0 bridgehead atoms. The normalized spacial score (nSPS) is 19.4. The summed E-state index contributed by atoms with van der Waals surface area (Å²) in [7, 11) is 4.74. The summed E-state index contributed by atoms with van der Waals surface area (Å²) < 4.78 is 29.5. The monoisotopic (exact) mass is 550 g/mol. The summed E-state index contributed by atoms with van der Waals surface area (Å²) in [4.78, 5) is 28.0. The van der Waals surface area contributed by atoms with Crippen molar-refractivity contribution in [3.8, 4) is 28.7 Å². The van der Waals surface area contributed by atoms with Gasteiger partial charge in [0.25, 0.3) is 0 Å². The second-order valence-corrected chi connectivity index (χ2v) is 10.2. The van der Waals surface area contributed by atoms with Crippen LogP contribution >= 0.6 is 0 Å². The Labute approximate surface area is 238 Å². The summed E-state index contributed by atoms with van der Waals surface area (Å²) in [6.07, 6.45) is -1.07. The molecule has 2 aliphatic rings. The molecule has 0 aliphatic carbocycles. The summed E-state index contributed by atoms with van der Waals surface area (Å²) in [5, 5.41) is 0. The zero-order valence-electron chi connectivity index (χ0n) is 23.3. The van der Waals surface area contributed by atoms with Gasteiger partial charge in [-0.2, -0.15) is 0 Å². The fraction of sp³-hybridized carbons (Fsp3) is 0.235. The Morgan fingerprint density at radius 3 is 2.02 bits per heavy atom. The van der Waals surface area contributed by atoms with E-state index in [1.165, 1.54) is 7.11 Å². The molecule has 0 radical (unpaired) electrons. The largest absolute Gasteiger partial charge is 0.497 e. The number of ether oxygens (including phenoxy) is 5. The van der Waals surface area contributed by atoms with Gasteiger partial charge in [0.1, 0.15) is 46.5 Å². The Morgan fingerprint density at radius 1 is 0.756 bits per heavy atom. The molecule has 3 unspecified atom stereocenters. The van der Waals surface area contributed by atoms with Gasteiger partial charge in [-0.25, -0.2) is 0 Å². The average Bonchev–Trinajstić information content (AvgIpc) is 3.01. The molecule has 41 heavy (non-hydrogen) atoms. The van der Waals surface area contributed by atoms with E-state index in [2.05, 4.69) is 0 Å². The fourth-order valence-corrected chi connectivity index (χ4v) is 5.78. The summed E-state index contributed by atoms with van der Waals surface area (Å²) >= 11 is 0. The first-order chi connectivity index (χ1) is 19.9. The first-order valence-corrected chi connectivity index (χ1v) is 13.4. The number of para-hydroxylation sites is 1. The van der Waals surface area contributed by atoms with Gasteiger partial charge in [0.05, 0.1) is 39.2 Å². The van der Waals surface area contributed by atoms with Gasteiger partial charge in [0, 0.05) is 5.56 Å². The lowest BCUT2D eigenvalue weighted by Gasteiger charge is -2.37. The van der Waals surface area contributed by atoms with Crippen molar-refractivity contribution in [2.75, 3.05) is 21.3 Å². The van der Waals surface area contributed by atoms with E-state index in [0.717, 1.165) is 16.7 Å². The Bertz CT molecular complexity index is 1620. The quantitative estimate of drug-likeness (QED) is 0.260. The number of carbonyl (C=O) groups excluding carboxylic acids is 2. The first kappa shape index (κ1) is 26.4. The van der Waals surface area contributed by atoms with Crippen molar-refractivity contribution < 1.29 is 33.3 Å². The SMILES string of the molecule is COc1ccc(C2CC(=O)c3c(OC)cc(C)c(C4C(=O)c5ccccc5OC4c4ccc(OC)cc4)c3O2)cc1. The van der Waals surface area contributed by atoms with Crippen LogP contribution in [0.2, 0.25) is 0 Å². The predicted octanol–water partition coefficient (Wildman–Crippen LogP) is 6.83. The molecular weight excluding hydrogens is 520 g/mol. The van der Waals surface area contributed by atoms with E-state index in [1.54, 1.807) is 26.4 Å². The molecule has 7 heteroatoms. The number of rotatable bonds is 6. The van der Waals surface area contributed by atoms with E-state index in [0.29, 0.717) is 45.4 Å². The van der Waals surface area contributed by atoms with Crippen molar-refractivity contribution in [1.29, 1.82) is 0 Å². The van der Waals surface area contributed by atoms with Gasteiger partial charge in [-0.1, -0.05) is 36.4 Å². The summed E-state index contributed by atoms with van der Waals surface area (Å²) in [5.41, 5.74) is 3.85. The maximum absolute atomic E-state index is 14.3. The van der Waals surface area contributed by atoms with Gasteiger partial charge < -0.3 is 23.7 Å². The second-order valence-electron chi connectivity index (χ2n) is 10.2. The molecule has 6 rings (SSSR count). The highest BCUT2D eigenvalue weighted by atomic mass is 16.5. The minimum atomic E-state index is -0.777. The highest BCUT2D eigenvalue weighted by Gasteiger charge is 2.44. The van der Waals surface area contributed by atoms with E-state index in [-0.39, 0.29) is 18.0 Å². The van der Waals surface area contributed by atoms with Gasteiger partial charge >= 0.3 is 0 Å². The average molecular weight is 551 g/mol. The predicted molar refractivity (Wildman–Crippen MR) is 153 cm³/mol. The van der Waals surface area contributed by atoms with Crippen molar-refractivity contribution in [2.24, 2.45) is 0 Å². The second kappa shape index (κ2) is 10.7. The van der Waals surface area contributed by atoms with Gasteiger partial charge in [-0.15, -0.1) is 0 Å². The molecule has 0 aromatic heterocycles. The maximum atomic E-state index is 14.3. The standard InChI is InChI=1S/C34H30O7/c1-19-17-28(39-4)30-25(35)18-27(20-9-13-22(37-2)14-10-20)41-34(30)29(19)31-32(36)24-7-5-6-8-26(24)40-33(31)21-11-15-23(38-3)16-12-21/h5-17,27,31,33H,18H2,1-4H3. The van der Waals surface area contributed by atoms with Crippen LogP contribution in [0.25, 0.3) is 0 Å². The minimum Gasteiger partial charge on any atom is -0.497 e. The molecule has 0 saturated carbocycles. The highest BCUT2D eigenvalue weighted by molar-refractivity contribution is 6.07. The van der Waals surface area contributed by atoms with Crippen molar-refractivity contribution in [3.63, 3.8) is 0 Å². The number of benzene rings is 4. The van der Waals surface area contributed by atoms with Crippen LogP contribution in [0.15, 0.2) is 78.9 Å². The molecule has 2 heterocycles. The van der Waals surface area contributed by atoms with Crippen LogP contribution in [0.5, 0.6) is 28.7 Å². The van der Waals surface area contributed by atoms with E-state index >= 15 is 0 Å². The topological polar surface area (TPSA) is 80.3 Å². The fourth-order valence-electron chi connectivity index (χ4n) is 5.78. The van der Waals surface area contributed by atoms with Crippen LogP contribution in [-0.2, 0) is 0 Å². The highest BCUT2D eigenvalue weighted by Crippen LogP contribution is 2.52. The van der Waals surface area contributed by atoms with Crippen LogP contribution in [-0.4, -0.2) is 32.9 Å². The number of fused-ring (bicyclic) bond motifs is 2. The zero-order chi connectivity index (χ0) is 28.7. The number of ketones is 2. The summed E-state index contributed by atoms with van der Waals surface area (Å²) in [6.45, 7) is 1.90. The van der Waals surface area contributed by atoms with Gasteiger partial charge in [-0.3, -0.25) is 9.59 Å². The molecule has 3 atom stereocenters. The Balaban J connectivity index is 1.54. The lowest BCUT2D eigenvalue weighted by atomic mass is 9.77. The first-order valence-electron chi connectivity index (χ1n) is 13.4. The van der Waals surface area contributed by atoms with Crippen molar-refractivity contribution in [2.45, 2.75) is 31.5 Å². The van der Waals surface area contributed by atoms with Gasteiger partial charge in [0.2, 0.25) is 0 Å². The van der Waals surface area contributed by atoms with Crippen LogP contribution in [0.3, 0.4) is 0 Å². The van der Waals surface area contributed by atoms with Crippen molar-refractivity contribution >= 4 is 11.6 Å². The Morgan fingerprint density at radius 2 is 1.39 bits per heavy atom. The number of aryl methyl sites for hydroxylation is 1. The lowest BCUT2D eigenvalue weighted by Crippen LogP contribution is -2.32. The third kappa shape index (κ3) is 4.57. The Hall–Kier alpha value is -4.78. The van der Waals surface area contributed by atoms with Crippen molar-refractivity contribution in [3.05, 3.63) is 112 Å². The van der Waals surface area contributed by atoms with E-state index in [1.807, 2.05) is 73.7 Å². The third-order valence-electron chi connectivity index (χ3n) is 7.85. The third-order valence-corrected chi connectivity index (χ3v) is 7.85. The van der Waals surface area contributed by atoms with E-state index in [4.69, 9.17) is 23.7 Å². The lowest BCUT2D eigenvalue weighted by molar-refractivity contribution is 0.0747. The molecular formula is C34H30O7. The molecule has 4 aromatic carbocycles. The molecule has 0 amide bonds. The Kier molecular flexibility index (Phi) is 6.87. The molecule has 2 aliphatic heterocycles. The molecule has 0 spiro atoms. The number of carbonyl (C=O) groups is 2. The molecule has 208 valence electrons. The van der Waals surface area contributed by atoms with Gasteiger partial charge in [0.15, 0.2) is 11.6 Å². The van der Waals surface area contributed by atoms with Crippen LogP contribution < -0.4 is 23.7 Å². The molecule has 7 nitrogen and oxygen atoms in total. The number of hydrogen-bond acceptors (Lipinski definition) is 7. The smallest absolute Gasteiger partial charge is 0.178 e. The summed E-state index contributed by atoms with van der Waals surface area (Å²) in [6, 6.07) is 24.0. The van der Waals surface area contributed by atoms with E-state index < -0.39 is 18.1 Å².